The molecule has 1 heterocycles. The molecule has 3 rings (SSSR count). The van der Waals surface area contributed by atoms with Gasteiger partial charge < -0.3 is 5.32 Å². The Morgan fingerprint density at radius 2 is 1.45 bits per heavy atom. The molecule has 22 heavy (non-hydrogen) atoms. The van der Waals surface area contributed by atoms with Crippen LogP contribution in [0.5, 0.6) is 0 Å². The van der Waals surface area contributed by atoms with Crippen molar-refractivity contribution in [1.82, 2.24) is 5.32 Å². The first-order valence-electron chi connectivity index (χ1n) is 7.20. The molecular weight excluding hydrogens is 403 g/mol. The summed E-state index contributed by atoms with van der Waals surface area (Å²) in [6.07, 6.45) is 2.07. The summed E-state index contributed by atoms with van der Waals surface area (Å²) in [4.78, 5) is 4.91. The van der Waals surface area contributed by atoms with Crippen LogP contribution in [0.25, 0.3) is 0 Å². The molecule has 116 valence electrons. The van der Waals surface area contributed by atoms with Crippen LogP contribution in [-0.4, -0.2) is 11.4 Å². The summed E-state index contributed by atoms with van der Waals surface area (Å²) in [5, 5.41) is 4.61. The molecule has 2 atom stereocenters. The monoisotopic (exact) mass is 424 g/mol. The van der Waals surface area contributed by atoms with Crippen LogP contribution in [0.1, 0.15) is 34.3 Å². The number of thioether (sulfide) groups is 1. The first-order chi connectivity index (χ1) is 10.2. The SMILES string of the molecule is CSC1=N[C@@H](c2ccccc2C)[C@@H](c2ccccc2C)N1.I. The molecule has 0 saturated heterocycles. The molecule has 0 aliphatic carbocycles. The van der Waals surface area contributed by atoms with Crippen molar-refractivity contribution in [3.63, 3.8) is 0 Å². The largest absolute Gasteiger partial charge is 0.356 e. The first kappa shape index (κ1) is 17.3. The number of hydrogen-bond donors (Lipinski definition) is 1. The summed E-state index contributed by atoms with van der Waals surface area (Å²) in [7, 11) is 0. The van der Waals surface area contributed by atoms with E-state index in [0.29, 0.717) is 0 Å². The van der Waals surface area contributed by atoms with Gasteiger partial charge in [-0.3, -0.25) is 4.99 Å². The van der Waals surface area contributed by atoms with Crippen LogP contribution in [0.3, 0.4) is 0 Å². The minimum absolute atomic E-state index is 0. The van der Waals surface area contributed by atoms with E-state index in [1.54, 1.807) is 11.8 Å². The van der Waals surface area contributed by atoms with Crippen LogP contribution in [0.4, 0.5) is 0 Å². The van der Waals surface area contributed by atoms with Crippen molar-refractivity contribution in [2.24, 2.45) is 4.99 Å². The van der Waals surface area contributed by atoms with Gasteiger partial charge >= 0.3 is 0 Å². The van der Waals surface area contributed by atoms with Crippen molar-refractivity contribution >= 4 is 40.9 Å². The second-order valence-corrected chi connectivity index (χ2v) is 6.21. The van der Waals surface area contributed by atoms with Gasteiger partial charge in [0.25, 0.3) is 0 Å². The summed E-state index contributed by atoms with van der Waals surface area (Å²) in [5.41, 5.74) is 5.25. The van der Waals surface area contributed by atoms with Gasteiger partial charge in [0.15, 0.2) is 5.17 Å². The van der Waals surface area contributed by atoms with E-state index in [1.807, 2.05) is 0 Å². The maximum absolute atomic E-state index is 4.91. The maximum Gasteiger partial charge on any atom is 0.157 e. The topological polar surface area (TPSA) is 24.4 Å². The molecule has 0 saturated carbocycles. The van der Waals surface area contributed by atoms with E-state index in [0.717, 1.165) is 5.17 Å². The summed E-state index contributed by atoms with van der Waals surface area (Å²) in [6, 6.07) is 17.5. The number of halogens is 1. The normalized spacial score (nSPS) is 20.0. The number of nitrogens with zero attached hydrogens (tertiary/aromatic N) is 1. The minimum Gasteiger partial charge on any atom is -0.356 e. The van der Waals surface area contributed by atoms with Crippen LogP contribution in [0.15, 0.2) is 53.5 Å². The van der Waals surface area contributed by atoms with Gasteiger partial charge in [0.2, 0.25) is 0 Å². The van der Waals surface area contributed by atoms with Gasteiger partial charge in [0.05, 0.1) is 6.04 Å². The zero-order valence-electron chi connectivity index (χ0n) is 13.0. The Balaban J connectivity index is 0.00000176. The maximum atomic E-state index is 4.91. The number of benzene rings is 2. The van der Waals surface area contributed by atoms with Crippen LogP contribution in [0, 0.1) is 13.8 Å². The molecule has 1 N–H and O–H groups in total. The lowest BCUT2D eigenvalue weighted by atomic mass is 9.90. The van der Waals surface area contributed by atoms with Crippen molar-refractivity contribution in [3.05, 3.63) is 70.8 Å². The standard InChI is InChI=1S/C18H20N2S.HI/c1-12-8-4-6-10-14(12)16-17(20-18(19-16)21-3)15-11-7-5-9-13(15)2;/h4-11,16-17H,1-3H3,(H,19,20);1H/t16-,17+;. The summed E-state index contributed by atoms with van der Waals surface area (Å²) < 4.78 is 0. The molecule has 2 aromatic carbocycles. The zero-order valence-corrected chi connectivity index (χ0v) is 16.2. The van der Waals surface area contributed by atoms with E-state index in [4.69, 9.17) is 4.99 Å². The molecule has 2 aromatic rings. The number of aryl methyl sites for hydroxylation is 2. The van der Waals surface area contributed by atoms with Crippen molar-refractivity contribution in [1.29, 1.82) is 0 Å². The van der Waals surface area contributed by atoms with E-state index in [-0.39, 0.29) is 36.1 Å². The van der Waals surface area contributed by atoms with E-state index in [2.05, 4.69) is 74.0 Å². The fourth-order valence-electron chi connectivity index (χ4n) is 2.91. The van der Waals surface area contributed by atoms with Crippen LogP contribution >= 0.6 is 35.7 Å². The van der Waals surface area contributed by atoms with Gasteiger partial charge in [-0.2, -0.15) is 0 Å². The predicted molar refractivity (Wildman–Crippen MR) is 107 cm³/mol. The molecule has 1 aliphatic heterocycles. The second kappa shape index (κ2) is 7.51. The molecule has 4 heteroatoms. The third-order valence-corrected chi connectivity index (χ3v) is 4.68. The molecule has 0 fully saturated rings. The van der Waals surface area contributed by atoms with Crippen molar-refractivity contribution < 1.29 is 0 Å². The third-order valence-electron chi connectivity index (χ3n) is 4.08. The predicted octanol–water partition coefficient (Wildman–Crippen LogP) is 5.03. The number of amidine groups is 1. The highest BCUT2D eigenvalue weighted by Crippen LogP contribution is 2.39. The molecule has 0 unspecified atom stereocenters. The highest BCUT2D eigenvalue weighted by Gasteiger charge is 2.32. The molecule has 0 amide bonds. The Bertz CT molecular complexity index is 684. The molecule has 0 spiro atoms. The Kier molecular flexibility index (Phi) is 5.92. The Morgan fingerprint density at radius 1 is 0.909 bits per heavy atom. The summed E-state index contributed by atoms with van der Waals surface area (Å²) in [5.74, 6) is 0. The lowest BCUT2D eigenvalue weighted by Gasteiger charge is -2.22. The highest BCUT2D eigenvalue weighted by molar-refractivity contribution is 14.0. The summed E-state index contributed by atoms with van der Waals surface area (Å²) in [6.45, 7) is 4.33. The molecule has 2 nitrogen and oxygen atoms in total. The zero-order chi connectivity index (χ0) is 14.8. The van der Waals surface area contributed by atoms with Crippen LogP contribution < -0.4 is 5.32 Å². The van der Waals surface area contributed by atoms with Gasteiger partial charge in [-0.15, -0.1) is 24.0 Å². The van der Waals surface area contributed by atoms with E-state index < -0.39 is 0 Å². The highest BCUT2D eigenvalue weighted by atomic mass is 127. The van der Waals surface area contributed by atoms with Gasteiger partial charge in [-0.05, 0) is 42.4 Å². The van der Waals surface area contributed by atoms with Gasteiger partial charge in [0.1, 0.15) is 6.04 Å². The lowest BCUT2D eigenvalue weighted by Crippen LogP contribution is -2.23. The Morgan fingerprint density at radius 3 is 2.00 bits per heavy atom. The van der Waals surface area contributed by atoms with Gasteiger partial charge in [-0.25, -0.2) is 0 Å². The fourth-order valence-corrected chi connectivity index (χ4v) is 3.38. The van der Waals surface area contributed by atoms with Crippen molar-refractivity contribution in [2.75, 3.05) is 6.26 Å². The van der Waals surface area contributed by atoms with E-state index in [1.165, 1.54) is 22.3 Å². The first-order valence-corrected chi connectivity index (χ1v) is 8.42. The lowest BCUT2D eigenvalue weighted by molar-refractivity contribution is 0.568. The van der Waals surface area contributed by atoms with Crippen molar-refractivity contribution in [3.8, 4) is 0 Å². The number of hydrogen-bond acceptors (Lipinski definition) is 3. The van der Waals surface area contributed by atoms with Gasteiger partial charge in [0, 0.05) is 0 Å². The molecule has 0 bridgehead atoms. The Hall–Kier alpha value is -1.01. The molecular formula is C18H21IN2S. The molecule has 1 aliphatic rings. The summed E-state index contributed by atoms with van der Waals surface area (Å²) >= 11 is 1.68. The second-order valence-electron chi connectivity index (χ2n) is 5.42. The fraction of sp³-hybridized carbons (Fsp3) is 0.278. The molecule has 0 radical (unpaired) electrons. The smallest absolute Gasteiger partial charge is 0.157 e. The Labute approximate surface area is 153 Å². The van der Waals surface area contributed by atoms with Gasteiger partial charge in [-0.1, -0.05) is 60.3 Å². The van der Waals surface area contributed by atoms with Crippen molar-refractivity contribution in [2.45, 2.75) is 25.9 Å². The van der Waals surface area contributed by atoms with E-state index in [9.17, 15) is 0 Å². The molecule has 0 aromatic heterocycles. The number of aliphatic imine (C=N–C) groups is 1. The van der Waals surface area contributed by atoms with E-state index >= 15 is 0 Å². The van der Waals surface area contributed by atoms with Crippen LogP contribution in [0.2, 0.25) is 0 Å². The minimum atomic E-state index is 0. The quantitative estimate of drug-likeness (QED) is 0.685. The third kappa shape index (κ3) is 3.33. The number of nitrogens with one attached hydrogen (secondary N) is 1. The average Bonchev–Trinajstić information content (AvgIpc) is 2.92. The average molecular weight is 424 g/mol. The number of rotatable bonds is 2. The van der Waals surface area contributed by atoms with Crippen LogP contribution in [-0.2, 0) is 0 Å².